The Bertz CT molecular complexity index is 422. The van der Waals surface area contributed by atoms with E-state index in [1.807, 2.05) is 24.6 Å². The van der Waals surface area contributed by atoms with Crippen LogP contribution in [-0.2, 0) is 0 Å². The first kappa shape index (κ1) is 8.19. The maximum absolute atomic E-state index is 5.54. The van der Waals surface area contributed by atoms with Gasteiger partial charge in [0.05, 0.1) is 0 Å². The third kappa shape index (κ3) is 1.53. The predicted octanol–water partition coefficient (Wildman–Crippen LogP) is 2.10. The fraction of sp³-hybridized carbons (Fsp3) is 0.111. The number of anilines is 1. The molecule has 0 unspecified atom stereocenters. The van der Waals surface area contributed by atoms with Gasteiger partial charge >= 0.3 is 0 Å². The topological polar surface area (TPSA) is 51.8 Å². The van der Waals surface area contributed by atoms with Gasteiger partial charge in [-0.3, -0.25) is 4.98 Å². The van der Waals surface area contributed by atoms with Gasteiger partial charge in [0.1, 0.15) is 10.8 Å². The van der Waals surface area contributed by atoms with Crippen LogP contribution in [0.15, 0.2) is 23.8 Å². The number of nitrogen functional groups attached to an aromatic ring is 1. The van der Waals surface area contributed by atoms with Gasteiger partial charge in [-0.2, -0.15) is 0 Å². The number of aromatic nitrogens is 2. The average molecular weight is 191 g/mol. The molecule has 0 bridgehead atoms. The third-order valence-electron chi connectivity index (χ3n) is 1.79. The van der Waals surface area contributed by atoms with Crippen LogP contribution in [0.2, 0.25) is 0 Å². The number of rotatable bonds is 1. The SMILES string of the molecule is Cc1ccncc1-c1nc(N)cs1. The van der Waals surface area contributed by atoms with Crippen LogP contribution in [0.1, 0.15) is 5.56 Å². The molecule has 2 rings (SSSR count). The van der Waals surface area contributed by atoms with Gasteiger partial charge in [-0.05, 0) is 18.6 Å². The summed E-state index contributed by atoms with van der Waals surface area (Å²) in [6.45, 7) is 2.04. The van der Waals surface area contributed by atoms with Crippen LogP contribution in [-0.4, -0.2) is 9.97 Å². The number of hydrogen-bond acceptors (Lipinski definition) is 4. The molecule has 0 saturated heterocycles. The van der Waals surface area contributed by atoms with Gasteiger partial charge in [0, 0.05) is 23.3 Å². The highest BCUT2D eigenvalue weighted by Crippen LogP contribution is 2.26. The molecule has 0 spiro atoms. The molecule has 2 N–H and O–H groups in total. The Hall–Kier alpha value is -1.42. The van der Waals surface area contributed by atoms with E-state index in [9.17, 15) is 0 Å². The molecule has 2 heterocycles. The van der Waals surface area contributed by atoms with Gasteiger partial charge in [0.25, 0.3) is 0 Å². The molecule has 0 aromatic carbocycles. The highest BCUT2D eigenvalue weighted by Gasteiger charge is 2.04. The van der Waals surface area contributed by atoms with Crippen LogP contribution < -0.4 is 5.73 Å². The molecule has 0 fully saturated rings. The summed E-state index contributed by atoms with van der Waals surface area (Å²) >= 11 is 1.54. The fourth-order valence-corrected chi connectivity index (χ4v) is 1.88. The quantitative estimate of drug-likeness (QED) is 0.751. The van der Waals surface area contributed by atoms with Crippen molar-refractivity contribution in [2.45, 2.75) is 6.92 Å². The van der Waals surface area contributed by atoms with Crippen molar-refractivity contribution in [1.29, 1.82) is 0 Å². The van der Waals surface area contributed by atoms with E-state index in [0.717, 1.165) is 10.6 Å². The van der Waals surface area contributed by atoms with Crippen molar-refractivity contribution in [3.8, 4) is 10.6 Å². The first-order chi connectivity index (χ1) is 6.27. The van der Waals surface area contributed by atoms with Gasteiger partial charge in [-0.15, -0.1) is 11.3 Å². The molecule has 0 aliphatic rings. The first-order valence-electron chi connectivity index (χ1n) is 3.89. The Kier molecular flexibility index (Phi) is 1.98. The van der Waals surface area contributed by atoms with Crippen LogP contribution in [0.5, 0.6) is 0 Å². The van der Waals surface area contributed by atoms with E-state index in [0.29, 0.717) is 5.82 Å². The summed E-state index contributed by atoms with van der Waals surface area (Å²) in [6, 6.07) is 1.97. The summed E-state index contributed by atoms with van der Waals surface area (Å²) < 4.78 is 0. The van der Waals surface area contributed by atoms with Crippen molar-refractivity contribution in [2.75, 3.05) is 5.73 Å². The van der Waals surface area contributed by atoms with Crippen LogP contribution in [0.25, 0.3) is 10.6 Å². The van der Waals surface area contributed by atoms with E-state index < -0.39 is 0 Å². The second kappa shape index (κ2) is 3.14. The fourth-order valence-electron chi connectivity index (χ4n) is 1.10. The first-order valence-corrected chi connectivity index (χ1v) is 4.77. The molecule has 0 amide bonds. The zero-order chi connectivity index (χ0) is 9.26. The number of aryl methyl sites for hydroxylation is 1. The van der Waals surface area contributed by atoms with Crippen LogP contribution in [0, 0.1) is 6.92 Å². The zero-order valence-electron chi connectivity index (χ0n) is 7.19. The second-order valence-corrected chi connectivity index (χ2v) is 3.63. The number of nitrogens with two attached hydrogens (primary N) is 1. The minimum Gasteiger partial charge on any atom is -0.383 e. The maximum atomic E-state index is 5.54. The molecule has 3 nitrogen and oxygen atoms in total. The number of nitrogens with zero attached hydrogens (tertiary/aromatic N) is 2. The molecule has 66 valence electrons. The van der Waals surface area contributed by atoms with E-state index in [-0.39, 0.29) is 0 Å². The van der Waals surface area contributed by atoms with Gasteiger partial charge in [-0.25, -0.2) is 4.98 Å². The summed E-state index contributed by atoms with van der Waals surface area (Å²) in [5, 5.41) is 2.77. The van der Waals surface area contributed by atoms with E-state index in [1.54, 1.807) is 17.5 Å². The van der Waals surface area contributed by atoms with Crippen molar-refractivity contribution in [3.05, 3.63) is 29.4 Å². The number of pyridine rings is 1. The Morgan fingerprint density at radius 1 is 1.46 bits per heavy atom. The minimum atomic E-state index is 0.572. The molecule has 0 radical (unpaired) electrons. The highest BCUT2D eigenvalue weighted by atomic mass is 32.1. The summed E-state index contributed by atoms with van der Waals surface area (Å²) in [5.41, 5.74) is 7.78. The van der Waals surface area contributed by atoms with Crippen molar-refractivity contribution in [1.82, 2.24) is 9.97 Å². The lowest BCUT2D eigenvalue weighted by Gasteiger charge is -1.98. The van der Waals surface area contributed by atoms with E-state index in [2.05, 4.69) is 9.97 Å². The molecule has 2 aromatic heterocycles. The molecule has 0 atom stereocenters. The van der Waals surface area contributed by atoms with Gasteiger partial charge in [0.15, 0.2) is 0 Å². The number of thiazole rings is 1. The lowest BCUT2D eigenvalue weighted by molar-refractivity contribution is 1.27. The largest absolute Gasteiger partial charge is 0.383 e. The molecular weight excluding hydrogens is 182 g/mol. The normalized spacial score (nSPS) is 10.2. The summed E-state index contributed by atoms with van der Waals surface area (Å²) in [5.74, 6) is 0.572. The molecule has 4 heteroatoms. The average Bonchev–Trinajstić information content (AvgIpc) is 2.53. The molecular formula is C9H9N3S. The molecule has 13 heavy (non-hydrogen) atoms. The Balaban J connectivity index is 2.52. The Morgan fingerprint density at radius 2 is 2.31 bits per heavy atom. The monoisotopic (exact) mass is 191 g/mol. The van der Waals surface area contributed by atoms with Crippen LogP contribution in [0.3, 0.4) is 0 Å². The predicted molar refractivity (Wildman–Crippen MR) is 54.5 cm³/mol. The van der Waals surface area contributed by atoms with E-state index in [4.69, 9.17) is 5.73 Å². The molecule has 2 aromatic rings. The van der Waals surface area contributed by atoms with Crippen molar-refractivity contribution < 1.29 is 0 Å². The highest BCUT2D eigenvalue weighted by molar-refractivity contribution is 7.13. The van der Waals surface area contributed by atoms with Gasteiger partial charge in [0.2, 0.25) is 0 Å². The minimum absolute atomic E-state index is 0.572. The van der Waals surface area contributed by atoms with Gasteiger partial charge in [-0.1, -0.05) is 0 Å². The summed E-state index contributed by atoms with van der Waals surface area (Å²) in [4.78, 5) is 8.26. The maximum Gasteiger partial charge on any atom is 0.135 e. The van der Waals surface area contributed by atoms with Crippen molar-refractivity contribution >= 4 is 17.2 Å². The van der Waals surface area contributed by atoms with Crippen molar-refractivity contribution in [3.63, 3.8) is 0 Å². The second-order valence-electron chi connectivity index (χ2n) is 2.77. The lowest BCUT2D eigenvalue weighted by atomic mass is 10.2. The van der Waals surface area contributed by atoms with Crippen LogP contribution in [0.4, 0.5) is 5.82 Å². The number of hydrogen-bond donors (Lipinski definition) is 1. The molecule has 0 saturated carbocycles. The smallest absolute Gasteiger partial charge is 0.135 e. The Morgan fingerprint density at radius 3 is 2.92 bits per heavy atom. The summed E-state index contributed by atoms with van der Waals surface area (Å²) in [6.07, 6.45) is 3.59. The summed E-state index contributed by atoms with van der Waals surface area (Å²) in [7, 11) is 0. The zero-order valence-corrected chi connectivity index (χ0v) is 8.01. The van der Waals surface area contributed by atoms with Crippen LogP contribution >= 0.6 is 11.3 Å². The Labute approximate surface area is 80.3 Å². The molecule has 0 aliphatic heterocycles. The van der Waals surface area contributed by atoms with E-state index >= 15 is 0 Å². The third-order valence-corrected chi connectivity index (χ3v) is 2.69. The lowest BCUT2D eigenvalue weighted by Crippen LogP contribution is -1.86. The molecule has 0 aliphatic carbocycles. The standard InChI is InChI=1S/C9H9N3S/c1-6-2-3-11-4-7(6)9-12-8(10)5-13-9/h2-5H,10H2,1H3. The van der Waals surface area contributed by atoms with E-state index in [1.165, 1.54) is 5.56 Å². The van der Waals surface area contributed by atoms with Gasteiger partial charge < -0.3 is 5.73 Å². The van der Waals surface area contributed by atoms with Crippen molar-refractivity contribution in [2.24, 2.45) is 0 Å².